The van der Waals surface area contributed by atoms with E-state index in [-0.39, 0.29) is 35.8 Å². The van der Waals surface area contributed by atoms with Gasteiger partial charge in [0.15, 0.2) is 11.5 Å². The summed E-state index contributed by atoms with van der Waals surface area (Å²) in [6.07, 6.45) is 2.14. The maximum Gasteiger partial charge on any atom is 0.168 e. The van der Waals surface area contributed by atoms with Crippen LogP contribution in [0.4, 0.5) is 0 Å². The third-order valence-corrected chi connectivity index (χ3v) is 8.83. The third kappa shape index (κ3) is 8.23. The molecule has 238 valence electrons. The van der Waals surface area contributed by atoms with E-state index in [1.165, 1.54) is 7.11 Å². The zero-order chi connectivity index (χ0) is 31.8. The molecule has 0 aromatic heterocycles. The first-order valence-electron chi connectivity index (χ1n) is 15.7. The van der Waals surface area contributed by atoms with Gasteiger partial charge in [-0.3, -0.25) is 0 Å². The fourth-order valence-electron chi connectivity index (χ4n) is 6.28. The number of hydrogen-bond acceptors (Lipinski definition) is 8. The van der Waals surface area contributed by atoms with Gasteiger partial charge in [0.1, 0.15) is 5.75 Å². The second-order valence-corrected chi connectivity index (χ2v) is 12.1. The van der Waals surface area contributed by atoms with Crippen LogP contribution in [0.5, 0.6) is 17.2 Å². The summed E-state index contributed by atoms with van der Waals surface area (Å²) in [6.45, 7) is 4.08. The Morgan fingerprint density at radius 3 is 2.52 bits per heavy atom. The molecule has 44 heavy (non-hydrogen) atoms. The summed E-state index contributed by atoms with van der Waals surface area (Å²) in [5.74, 6) is 6.75. The van der Waals surface area contributed by atoms with Gasteiger partial charge in [-0.15, -0.1) is 5.92 Å². The smallest absolute Gasteiger partial charge is 0.168 e. The first kappa shape index (κ1) is 33.6. The standard InChI is InChI=1S/C36H47NO7/c1-4-23-6-5-7-30(33(42)15-11-28(16-23)37-20-22(2)39)32(41)13-9-24-10-14-34(43)36(44-3)35(24)31-19-25-8-12-29(40)18-26(25)17-27(31)21-38/h8,10,12,14,17-19,22-23,28,30,32-33,37-43H,4,7,9,11,13,15-16,20-21H2,1-3H3. The highest BCUT2D eigenvalue weighted by atomic mass is 16.5. The summed E-state index contributed by atoms with van der Waals surface area (Å²) < 4.78 is 5.65. The Labute approximate surface area is 260 Å². The zero-order valence-corrected chi connectivity index (χ0v) is 26.0. The van der Waals surface area contributed by atoms with Gasteiger partial charge in [0.2, 0.25) is 0 Å². The molecule has 1 aliphatic carbocycles. The van der Waals surface area contributed by atoms with Gasteiger partial charge in [0.05, 0.1) is 32.0 Å². The van der Waals surface area contributed by atoms with Crippen molar-refractivity contribution in [1.82, 2.24) is 5.32 Å². The number of aryl methyl sites for hydroxylation is 1. The van der Waals surface area contributed by atoms with Crippen molar-refractivity contribution < 1.29 is 35.4 Å². The number of fused-ring (bicyclic) bond motifs is 1. The molecule has 3 aromatic carbocycles. The van der Waals surface area contributed by atoms with E-state index in [9.17, 15) is 30.6 Å². The summed E-state index contributed by atoms with van der Waals surface area (Å²) in [5.41, 5.74) is 2.74. The molecular formula is C36H47NO7. The van der Waals surface area contributed by atoms with Crippen LogP contribution in [0.25, 0.3) is 21.9 Å². The highest BCUT2D eigenvalue weighted by Gasteiger charge is 2.29. The number of benzene rings is 3. The van der Waals surface area contributed by atoms with E-state index in [1.807, 2.05) is 12.1 Å². The Hall–Kier alpha value is -3.32. The summed E-state index contributed by atoms with van der Waals surface area (Å²) in [4.78, 5) is 0. The third-order valence-electron chi connectivity index (χ3n) is 8.83. The van der Waals surface area contributed by atoms with Gasteiger partial charge >= 0.3 is 0 Å². The van der Waals surface area contributed by atoms with Crippen molar-refractivity contribution in [3.05, 3.63) is 53.6 Å². The topological polar surface area (TPSA) is 143 Å². The van der Waals surface area contributed by atoms with Crippen molar-refractivity contribution in [1.29, 1.82) is 0 Å². The molecule has 8 nitrogen and oxygen atoms in total. The lowest BCUT2D eigenvalue weighted by atomic mass is 9.83. The van der Waals surface area contributed by atoms with Crippen LogP contribution in [0.3, 0.4) is 0 Å². The molecule has 0 aliphatic heterocycles. The van der Waals surface area contributed by atoms with Crippen molar-refractivity contribution in [2.75, 3.05) is 13.7 Å². The molecular weight excluding hydrogens is 558 g/mol. The molecule has 4 rings (SSSR count). The number of phenols is 2. The van der Waals surface area contributed by atoms with Crippen LogP contribution < -0.4 is 10.1 Å². The predicted octanol–water partition coefficient (Wildman–Crippen LogP) is 4.63. The minimum absolute atomic E-state index is 0.0382. The van der Waals surface area contributed by atoms with Gasteiger partial charge in [0, 0.05) is 36.4 Å². The fraction of sp³-hybridized carbons (Fsp3) is 0.500. The SMILES string of the molecule is CCC1C#CCC(C(O)CCc2ccc(O)c(OC)c2-c2cc3ccc(O)cc3cc2CO)C(O)CCC(NCC(C)O)C1. The summed E-state index contributed by atoms with van der Waals surface area (Å²) in [6, 6.07) is 12.2. The van der Waals surface area contributed by atoms with Crippen LogP contribution >= 0.6 is 0 Å². The monoisotopic (exact) mass is 605 g/mol. The molecule has 6 unspecified atom stereocenters. The number of methoxy groups -OCH3 is 1. The summed E-state index contributed by atoms with van der Waals surface area (Å²) >= 11 is 0. The van der Waals surface area contributed by atoms with Gasteiger partial charge in [-0.25, -0.2) is 0 Å². The fourth-order valence-corrected chi connectivity index (χ4v) is 6.28. The second-order valence-electron chi connectivity index (χ2n) is 12.1. The van der Waals surface area contributed by atoms with Crippen molar-refractivity contribution in [3.8, 4) is 40.2 Å². The Kier molecular flexibility index (Phi) is 11.9. The van der Waals surface area contributed by atoms with E-state index in [2.05, 4.69) is 24.1 Å². The molecule has 8 heteroatoms. The Morgan fingerprint density at radius 2 is 1.82 bits per heavy atom. The first-order chi connectivity index (χ1) is 21.1. The number of ether oxygens (including phenoxy) is 1. The lowest BCUT2D eigenvalue weighted by molar-refractivity contribution is 0.00430. The number of phenolic OH excluding ortho intramolecular Hbond substituents is 2. The van der Waals surface area contributed by atoms with Crippen LogP contribution in [-0.2, 0) is 13.0 Å². The van der Waals surface area contributed by atoms with Gasteiger partial charge in [0.25, 0.3) is 0 Å². The van der Waals surface area contributed by atoms with E-state index in [0.717, 1.165) is 35.6 Å². The van der Waals surface area contributed by atoms with Crippen LogP contribution in [-0.4, -0.2) is 68.6 Å². The molecule has 0 fully saturated rings. The molecule has 3 aromatic rings. The van der Waals surface area contributed by atoms with Crippen LogP contribution in [0, 0.1) is 23.7 Å². The minimum Gasteiger partial charge on any atom is -0.508 e. The Bertz CT molecular complexity index is 1460. The molecule has 1 aliphatic rings. The molecule has 6 atom stereocenters. The van der Waals surface area contributed by atoms with E-state index in [0.29, 0.717) is 48.9 Å². The maximum atomic E-state index is 11.4. The number of aliphatic hydroxyl groups is 4. The number of nitrogens with one attached hydrogen (secondary N) is 1. The van der Waals surface area contributed by atoms with Crippen molar-refractivity contribution in [2.45, 2.75) is 89.8 Å². The maximum absolute atomic E-state index is 11.4. The van der Waals surface area contributed by atoms with Crippen LogP contribution in [0.1, 0.15) is 63.5 Å². The predicted molar refractivity (Wildman–Crippen MR) is 173 cm³/mol. The van der Waals surface area contributed by atoms with Crippen molar-refractivity contribution in [2.24, 2.45) is 11.8 Å². The van der Waals surface area contributed by atoms with E-state index in [1.54, 1.807) is 37.3 Å². The van der Waals surface area contributed by atoms with Crippen LogP contribution in [0.2, 0.25) is 0 Å². The molecule has 0 saturated carbocycles. The molecule has 7 N–H and O–H groups in total. The van der Waals surface area contributed by atoms with Gasteiger partial charge < -0.3 is 40.7 Å². The van der Waals surface area contributed by atoms with E-state index < -0.39 is 24.2 Å². The summed E-state index contributed by atoms with van der Waals surface area (Å²) in [5, 5.41) is 68.4. The number of hydrogen-bond donors (Lipinski definition) is 7. The van der Waals surface area contributed by atoms with E-state index in [4.69, 9.17) is 4.74 Å². The quantitative estimate of drug-likeness (QED) is 0.157. The van der Waals surface area contributed by atoms with Gasteiger partial charge in [-0.1, -0.05) is 25.0 Å². The number of rotatable bonds is 11. The highest BCUT2D eigenvalue weighted by Crippen LogP contribution is 2.43. The largest absolute Gasteiger partial charge is 0.508 e. The second kappa shape index (κ2) is 15.6. The lowest BCUT2D eigenvalue weighted by Crippen LogP contribution is -2.38. The molecule has 0 bridgehead atoms. The van der Waals surface area contributed by atoms with Crippen molar-refractivity contribution in [3.63, 3.8) is 0 Å². The first-order valence-corrected chi connectivity index (χ1v) is 15.7. The van der Waals surface area contributed by atoms with E-state index >= 15 is 0 Å². The molecule has 0 radical (unpaired) electrons. The minimum atomic E-state index is -0.827. The van der Waals surface area contributed by atoms with Crippen molar-refractivity contribution >= 4 is 10.8 Å². The van der Waals surface area contributed by atoms with Gasteiger partial charge in [-0.05, 0) is 103 Å². The Morgan fingerprint density at radius 1 is 1.02 bits per heavy atom. The molecule has 0 saturated heterocycles. The zero-order valence-electron chi connectivity index (χ0n) is 26.0. The lowest BCUT2D eigenvalue weighted by Gasteiger charge is -2.30. The Balaban J connectivity index is 1.61. The molecule has 0 amide bonds. The highest BCUT2D eigenvalue weighted by molar-refractivity contribution is 5.92. The molecule has 0 spiro atoms. The average Bonchev–Trinajstić information content (AvgIpc) is 3.01. The normalized spacial score (nSPS) is 22.2. The number of aliphatic hydroxyl groups excluding tert-OH is 4. The average molecular weight is 606 g/mol. The van der Waals surface area contributed by atoms with Gasteiger partial charge in [-0.2, -0.15) is 0 Å². The summed E-state index contributed by atoms with van der Waals surface area (Å²) in [7, 11) is 1.48. The molecule has 0 heterocycles. The van der Waals surface area contributed by atoms with Crippen LogP contribution in [0.15, 0.2) is 42.5 Å². The number of aromatic hydroxyl groups is 2.